The lowest BCUT2D eigenvalue weighted by atomic mass is 10.0. The zero-order valence-electron chi connectivity index (χ0n) is 29.0. The van der Waals surface area contributed by atoms with Crippen LogP contribution < -0.4 is 0 Å². The topological polar surface area (TPSA) is 46.5 Å². The summed E-state index contributed by atoms with van der Waals surface area (Å²) in [4.78, 5) is 12.1. The van der Waals surface area contributed by atoms with Crippen LogP contribution in [0, 0.1) is 0 Å². The Bertz CT molecular complexity index is 1310. The van der Waals surface area contributed by atoms with Crippen LogP contribution in [0.25, 0.3) is 0 Å². The molecule has 0 aliphatic carbocycles. The Balaban J connectivity index is 4.86. The van der Waals surface area contributed by atoms with E-state index in [1.165, 1.54) is 18.3 Å². The summed E-state index contributed by atoms with van der Waals surface area (Å²) in [6, 6.07) is 0. The number of ether oxygens (including phenoxy) is 1. The molecule has 0 aromatic heterocycles. The molecule has 0 unspecified atom stereocenters. The third-order valence-corrected chi connectivity index (χ3v) is 6.30. The number of hydrogen-bond acceptors (Lipinski definition) is 3. The maximum absolute atomic E-state index is 12.1. The van der Waals surface area contributed by atoms with Crippen LogP contribution in [0.15, 0.2) is 155 Å². The van der Waals surface area contributed by atoms with Crippen LogP contribution >= 0.6 is 0 Å². The van der Waals surface area contributed by atoms with Crippen molar-refractivity contribution in [3.05, 3.63) is 155 Å². The first-order valence-corrected chi connectivity index (χ1v) is 15.1. The van der Waals surface area contributed by atoms with Gasteiger partial charge in [0.2, 0.25) is 0 Å². The first-order valence-electron chi connectivity index (χ1n) is 15.1. The number of carbonyl (C=O) groups excluding carboxylic acids is 1. The van der Waals surface area contributed by atoms with Crippen molar-refractivity contribution in [2.24, 2.45) is 0 Å². The first-order chi connectivity index (χ1) is 20.6. The van der Waals surface area contributed by atoms with Gasteiger partial charge in [0.1, 0.15) is 5.60 Å². The number of ketones is 1. The molecule has 0 aromatic carbocycles. The fraction of sp³-hybridized carbons (Fsp3) is 0.341. The summed E-state index contributed by atoms with van der Waals surface area (Å²) < 4.78 is 5.21. The maximum Gasteiger partial charge on any atom is 0.186 e. The molecule has 44 heavy (non-hydrogen) atoms. The van der Waals surface area contributed by atoms with Gasteiger partial charge in [0.05, 0.1) is 5.60 Å². The molecule has 3 heteroatoms. The molecular weight excluding hydrogens is 540 g/mol. The van der Waals surface area contributed by atoms with Gasteiger partial charge in [-0.2, -0.15) is 0 Å². The van der Waals surface area contributed by atoms with Gasteiger partial charge < -0.3 is 9.84 Å². The van der Waals surface area contributed by atoms with Gasteiger partial charge in [-0.25, -0.2) is 0 Å². The lowest BCUT2D eigenvalue weighted by Crippen LogP contribution is -2.32. The van der Waals surface area contributed by atoms with Crippen molar-refractivity contribution in [1.29, 1.82) is 0 Å². The Morgan fingerprint density at radius 1 is 0.523 bits per heavy atom. The number of carbonyl (C=O) groups is 1. The van der Waals surface area contributed by atoms with E-state index in [2.05, 4.69) is 89.3 Å². The number of aliphatic hydroxyl groups is 1. The molecule has 1 N–H and O–H groups in total. The van der Waals surface area contributed by atoms with Crippen molar-refractivity contribution in [3.63, 3.8) is 0 Å². The Labute approximate surface area is 268 Å². The second-order valence-corrected chi connectivity index (χ2v) is 12.1. The summed E-state index contributed by atoms with van der Waals surface area (Å²) >= 11 is 0. The lowest BCUT2D eigenvalue weighted by Gasteiger charge is -2.18. The smallest absolute Gasteiger partial charge is 0.186 e. The van der Waals surface area contributed by atoms with E-state index in [1.54, 1.807) is 19.9 Å². The van der Waals surface area contributed by atoms with Gasteiger partial charge >= 0.3 is 0 Å². The van der Waals surface area contributed by atoms with E-state index in [0.717, 1.165) is 22.3 Å². The Morgan fingerprint density at radius 2 is 0.841 bits per heavy atom. The van der Waals surface area contributed by atoms with E-state index < -0.39 is 11.2 Å². The molecule has 0 radical (unpaired) electrons. The zero-order chi connectivity index (χ0) is 33.6. The van der Waals surface area contributed by atoms with E-state index in [0.29, 0.717) is 6.42 Å². The summed E-state index contributed by atoms with van der Waals surface area (Å²) in [6.45, 7) is 19.4. The highest BCUT2D eigenvalue weighted by molar-refractivity contribution is 5.96. The molecule has 0 spiro atoms. The van der Waals surface area contributed by atoms with Crippen LogP contribution in [0.3, 0.4) is 0 Å². The van der Waals surface area contributed by atoms with Gasteiger partial charge in [-0.05, 0) is 81.7 Å². The summed E-state index contributed by atoms with van der Waals surface area (Å²) in [5.74, 6) is -0.0596. The van der Waals surface area contributed by atoms with Crippen molar-refractivity contribution in [1.82, 2.24) is 0 Å². The highest BCUT2D eigenvalue weighted by atomic mass is 16.5. The van der Waals surface area contributed by atoms with Crippen molar-refractivity contribution in [3.8, 4) is 0 Å². The van der Waals surface area contributed by atoms with Crippen molar-refractivity contribution in [2.75, 3.05) is 7.11 Å². The Kier molecular flexibility index (Phi) is 19.9. The normalized spacial score (nSPS) is 16.2. The molecule has 0 saturated heterocycles. The Morgan fingerprint density at radius 3 is 1.18 bits per heavy atom. The van der Waals surface area contributed by atoms with E-state index >= 15 is 0 Å². The molecule has 3 nitrogen and oxygen atoms in total. The van der Waals surface area contributed by atoms with Gasteiger partial charge in [-0.1, -0.05) is 149 Å². The van der Waals surface area contributed by atoms with Crippen LogP contribution in [0.5, 0.6) is 0 Å². The SMILES string of the molecule is COC(C)(C)C(=O)C=CC(C)=CC=CC(C)=CC=CC(C)=CC=CC=C(C)C=CC=C(C)C=CC=C(C)C=CCC(C)(C)O. The third kappa shape index (κ3) is 22.8. The molecule has 238 valence electrons. The summed E-state index contributed by atoms with van der Waals surface area (Å²) in [7, 11) is 1.54. The molecule has 0 aliphatic rings. The van der Waals surface area contributed by atoms with E-state index in [1.807, 2.05) is 81.5 Å². The monoisotopic (exact) mass is 596 g/mol. The number of allylic oxidation sites excluding steroid dienone is 24. The molecule has 0 aromatic rings. The minimum Gasteiger partial charge on any atom is -0.390 e. The molecule has 0 atom stereocenters. The largest absolute Gasteiger partial charge is 0.390 e. The van der Waals surface area contributed by atoms with Crippen molar-refractivity contribution >= 4 is 5.78 Å². The zero-order valence-corrected chi connectivity index (χ0v) is 29.0. The molecule has 0 rings (SSSR count). The predicted molar refractivity (Wildman–Crippen MR) is 194 cm³/mol. The van der Waals surface area contributed by atoms with Crippen LogP contribution in [-0.2, 0) is 9.53 Å². The summed E-state index contributed by atoms with van der Waals surface area (Å²) in [6.07, 6.45) is 40.9. The molecule has 0 fully saturated rings. The maximum atomic E-state index is 12.1. The van der Waals surface area contributed by atoms with Crippen molar-refractivity contribution in [2.45, 2.75) is 86.9 Å². The molecule has 0 heterocycles. The fourth-order valence-electron chi connectivity index (χ4n) is 3.20. The van der Waals surface area contributed by atoms with Gasteiger partial charge in [-0.15, -0.1) is 0 Å². The molecule has 0 aliphatic heterocycles. The lowest BCUT2D eigenvalue weighted by molar-refractivity contribution is -0.131. The summed E-state index contributed by atoms with van der Waals surface area (Å²) in [5.41, 5.74) is 5.27. The highest BCUT2D eigenvalue weighted by Crippen LogP contribution is 2.11. The van der Waals surface area contributed by atoms with E-state index in [-0.39, 0.29) is 5.78 Å². The van der Waals surface area contributed by atoms with Crippen molar-refractivity contribution < 1.29 is 14.6 Å². The number of methoxy groups -OCH3 is 1. The van der Waals surface area contributed by atoms with Gasteiger partial charge in [0, 0.05) is 7.11 Å². The number of rotatable bonds is 17. The highest BCUT2D eigenvalue weighted by Gasteiger charge is 2.23. The molecular formula is C41H56O3. The number of hydrogen-bond donors (Lipinski definition) is 1. The Hall–Kier alpha value is -3.79. The summed E-state index contributed by atoms with van der Waals surface area (Å²) in [5, 5.41) is 9.77. The van der Waals surface area contributed by atoms with E-state index in [9.17, 15) is 9.90 Å². The standard InChI is InChI=1S/C41H56O3/c1-33(21-14-23-35(3)25-16-27-37(5)29-18-32-40(7,8)43)19-12-13-20-34(2)22-15-24-36(4)26-17-28-38(6)30-31-39(42)41(9,10)44-11/h12-31,43H,32H2,1-11H3. The van der Waals surface area contributed by atoms with Crippen LogP contribution in [-0.4, -0.2) is 29.2 Å². The van der Waals surface area contributed by atoms with Gasteiger partial charge in [0.15, 0.2) is 5.78 Å². The second kappa shape index (κ2) is 21.8. The van der Waals surface area contributed by atoms with E-state index in [4.69, 9.17) is 4.74 Å². The molecule has 0 bridgehead atoms. The van der Waals surface area contributed by atoms with Gasteiger partial charge in [0.25, 0.3) is 0 Å². The fourth-order valence-corrected chi connectivity index (χ4v) is 3.20. The van der Waals surface area contributed by atoms with Gasteiger partial charge in [-0.3, -0.25) is 4.79 Å². The first kappa shape index (κ1) is 40.2. The average molecular weight is 597 g/mol. The minimum absolute atomic E-state index is 0.0596. The predicted octanol–water partition coefficient (Wildman–Crippen LogP) is 10.7. The van der Waals surface area contributed by atoms with Crippen LogP contribution in [0.4, 0.5) is 0 Å². The molecule has 0 saturated carbocycles. The quantitative estimate of drug-likeness (QED) is 0.134. The van der Waals surface area contributed by atoms with Crippen LogP contribution in [0.2, 0.25) is 0 Å². The molecule has 0 amide bonds. The minimum atomic E-state index is -0.806. The van der Waals surface area contributed by atoms with Crippen LogP contribution in [0.1, 0.15) is 75.7 Å². The average Bonchev–Trinajstić information content (AvgIpc) is 2.93. The third-order valence-electron chi connectivity index (χ3n) is 6.30. The second-order valence-electron chi connectivity index (χ2n) is 12.1.